The molecule has 0 aromatic carbocycles. The van der Waals surface area contributed by atoms with Crippen molar-refractivity contribution in [3.05, 3.63) is 23.9 Å². The molecule has 0 bridgehead atoms. The molecule has 0 atom stereocenters. The number of carbonyl (C=O) groups excluding carboxylic acids is 1. The normalized spacial score (nSPS) is 16.1. The van der Waals surface area contributed by atoms with Crippen LogP contribution in [0.3, 0.4) is 0 Å². The number of anilines is 1. The third kappa shape index (κ3) is 3.05. The lowest BCUT2D eigenvalue weighted by molar-refractivity contribution is 0.101. The SMILES string of the molecule is CC(=O)c1ccc(N(C)CC2CCCC2)nc1. The highest BCUT2D eigenvalue weighted by atomic mass is 16.1. The number of hydrogen-bond donors (Lipinski definition) is 0. The first kappa shape index (κ1) is 12.1. The predicted octanol–water partition coefficient (Wildman–Crippen LogP) is 2.91. The molecule has 2 rings (SSSR count). The van der Waals surface area contributed by atoms with Crippen LogP contribution in [-0.4, -0.2) is 24.4 Å². The van der Waals surface area contributed by atoms with E-state index >= 15 is 0 Å². The second-order valence-electron chi connectivity index (χ2n) is 4.99. The molecule has 1 aliphatic rings. The first-order valence-electron chi connectivity index (χ1n) is 6.35. The largest absolute Gasteiger partial charge is 0.359 e. The molecular weight excluding hydrogens is 212 g/mol. The Kier molecular flexibility index (Phi) is 3.77. The first-order chi connectivity index (χ1) is 8.16. The summed E-state index contributed by atoms with van der Waals surface area (Å²) in [6.45, 7) is 2.64. The lowest BCUT2D eigenvalue weighted by Crippen LogP contribution is -2.24. The molecule has 1 heterocycles. The molecule has 1 aliphatic carbocycles. The summed E-state index contributed by atoms with van der Waals surface area (Å²) in [4.78, 5) is 17.7. The summed E-state index contributed by atoms with van der Waals surface area (Å²) < 4.78 is 0. The smallest absolute Gasteiger partial charge is 0.161 e. The summed E-state index contributed by atoms with van der Waals surface area (Å²) in [5, 5.41) is 0. The van der Waals surface area contributed by atoms with Crippen molar-refractivity contribution < 1.29 is 4.79 Å². The maximum atomic E-state index is 11.2. The van der Waals surface area contributed by atoms with Crippen molar-refractivity contribution >= 4 is 11.6 Å². The highest BCUT2D eigenvalue weighted by Crippen LogP contribution is 2.26. The Morgan fingerprint density at radius 2 is 2.12 bits per heavy atom. The minimum atomic E-state index is 0.0718. The highest BCUT2D eigenvalue weighted by molar-refractivity contribution is 5.93. The van der Waals surface area contributed by atoms with Gasteiger partial charge in [-0.25, -0.2) is 4.98 Å². The molecular formula is C14H20N2O. The van der Waals surface area contributed by atoms with Crippen LogP contribution < -0.4 is 4.90 Å². The van der Waals surface area contributed by atoms with E-state index in [4.69, 9.17) is 0 Å². The third-order valence-electron chi connectivity index (χ3n) is 3.55. The van der Waals surface area contributed by atoms with Crippen molar-refractivity contribution in [2.24, 2.45) is 5.92 Å². The monoisotopic (exact) mass is 232 g/mol. The summed E-state index contributed by atoms with van der Waals surface area (Å²) in [6.07, 6.45) is 7.10. The number of hydrogen-bond acceptors (Lipinski definition) is 3. The topological polar surface area (TPSA) is 33.2 Å². The minimum absolute atomic E-state index is 0.0718. The van der Waals surface area contributed by atoms with Crippen molar-refractivity contribution in [3.63, 3.8) is 0 Å². The molecule has 1 fully saturated rings. The molecule has 1 aromatic rings. The molecule has 17 heavy (non-hydrogen) atoms. The summed E-state index contributed by atoms with van der Waals surface area (Å²) in [6, 6.07) is 3.79. The standard InChI is InChI=1S/C14H20N2O/c1-11(17)13-7-8-14(15-9-13)16(2)10-12-5-3-4-6-12/h7-9,12H,3-6,10H2,1-2H3. The van der Waals surface area contributed by atoms with Gasteiger partial charge in [0, 0.05) is 25.4 Å². The van der Waals surface area contributed by atoms with Crippen molar-refractivity contribution in [1.29, 1.82) is 0 Å². The minimum Gasteiger partial charge on any atom is -0.359 e. The molecule has 1 saturated carbocycles. The molecule has 0 spiro atoms. The van der Waals surface area contributed by atoms with Crippen LogP contribution in [0.25, 0.3) is 0 Å². The number of ketones is 1. The fourth-order valence-corrected chi connectivity index (χ4v) is 2.49. The van der Waals surface area contributed by atoms with Gasteiger partial charge in [0.25, 0.3) is 0 Å². The van der Waals surface area contributed by atoms with Crippen LogP contribution in [-0.2, 0) is 0 Å². The Bertz CT molecular complexity index is 380. The van der Waals surface area contributed by atoms with Crippen LogP contribution >= 0.6 is 0 Å². The second-order valence-corrected chi connectivity index (χ2v) is 4.99. The molecule has 0 unspecified atom stereocenters. The maximum absolute atomic E-state index is 11.2. The summed E-state index contributed by atoms with van der Waals surface area (Å²) in [7, 11) is 2.08. The van der Waals surface area contributed by atoms with E-state index < -0.39 is 0 Å². The number of rotatable bonds is 4. The molecule has 0 radical (unpaired) electrons. The van der Waals surface area contributed by atoms with Crippen LogP contribution in [0.1, 0.15) is 43.0 Å². The van der Waals surface area contributed by atoms with Crippen LogP contribution in [0.5, 0.6) is 0 Å². The molecule has 0 N–H and O–H groups in total. The lowest BCUT2D eigenvalue weighted by Gasteiger charge is -2.22. The molecule has 3 heteroatoms. The van der Waals surface area contributed by atoms with Gasteiger partial charge in [-0.2, -0.15) is 0 Å². The first-order valence-corrected chi connectivity index (χ1v) is 6.35. The predicted molar refractivity (Wildman–Crippen MR) is 69.5 cm³/mol. The zero-order chi connectivity index (χ0) is 12.3. The Hall–Kier alpha value is -1.38. The van der Waals surface area contributed by atoms with Crippen molar-refractivity contribution in [2.75, 3.05) is 18.5 Å². The number of Topliss-reactive ketones (excluding diaryl/α,β-unsaturated/α-hetero) is 1. The van der Waals surface area contributed by atoms with E-state index in [1.165, 1.54) is 25.7 Å². The Morgan fingerprint density at radius 3 is 2.65 bits per heavy atom. The van der Waals surface area contributed by atoms with Gasteiger partial charge in [0.1, 0.15) is 5.82 Å². The van der Waals surface area contributed by atoms with E-state index in [2.05, 4.69) is 16.9 Å². The summed E-state index contributed by atoms with van der Waals surface area (Å²) in [5.41, 5.74) is 0.683. The fourth-order valence-electron chi connectivity index (χ4n) is 2.49. The van der Waals surface area contributed by atoms with E-state index in [0.29, 0.717) is 5.56 Å². The molecule has 0 saturated heterocycles. The van der Waals surface area contributed by atoms with Gasteiger partial charge in [0.2, 0.25) is 0 Å². The number of aromatic nitrogens is 1. The van der Waals surface area contributed by atoms with E-state index in [1.807, 2.05) is 12.1 Å². The van der Waals surface area contributed by atoms with Crippen molar-refractivity contribution in [3.8, 4) is 0 Å². The van der Waals surface area contributed by atoms with Gasteiger partial charge in [0.05, 0.1) is 0 Å². The van der Waals surface area contributed by atoms with Gasteiger partial charge in [-0.1, -0.05) is 12.8 Å². The van der Waals surface area contributed by atoms with E-state index in [1.54, 1.807) is 13.1 Å². The van der Waals surface area contributed by atoms with Crippen LogP contribution in [0.4, 0.5) is 5.82 Å². The second kappa shape index (κ2) is 5.30. The summed E-state index contributed by atoms with van der Waals surface area (Å²) in [5.74, 6) is 1.85. The van der Waals surface area contributed by atoms with E-state index in [9.17, 15) is 4.79 Å². The van der Waals surface area contributed by atoms with E-state index in [-0.39, 0.29) is 5.78 Å². The average molecular weight is 232 g/mol. The van der Waals surface area contributed by atoms with Crippen LogP contribution in [0.2, 0.25) is 0 Å². The van der Waals surface area contributed by atoms with Crippen LogP contribution in [0, 0.1) is 5.92 Å². The fraction of sp³-hybridized carbons (Fsp3) is 0.571. The van der Waals surface area contributed by atoms with Crippen molar-refractivity contribution in [1.82, 2.24) is 4.98 Å². The zero-order valence-electron chi connectivity index (χ0n) is 10.6. The lowest BCUT2D eigenvalue weighted by atomic mass is 10.1. The van der Waals surface area contributed by atoms with Gasteiger partial charge < -0.3 is 4.90 Å². The third-order valence-corrected chi connectivity index (χ3v) is 3.55. The van der Waals surface area contributed by atoms with Gasteiger partial charge in [0.15, 0.2) is 5.78 Å². The van der Waals surface area contributed by atoms with Gasteiger partial charge in [-0.15, -0.1) is 0 Å². The number of pyridine rings is 1. The van der Waals surface area contributed by atoms with Gasteiger partial charge >= 0.3 is 0 Å². The maximum Gasteiger partial charge on any atom is 0.161 e. The average Bonchev–Trinajstić information content (AvgIpc) is 2.82. The molecule has 3 nitrogen and oxygen atoms in total. The quantitative estimate of drug-likeness (QED) is 0.748. The number of nitrogens with zero attached hydrogens (tertiary/aromatic N) is 2. The molecule has 92 valence electrons. The van der Waals surface area contributed by atoms with Crippen LogP contribution in [0.15, 0.2) is 18.3 Å². The highest BCUT2D eigenvalue weighted by Gasteiger charge is 2.17. The molecule has 0 aliphatic heterocycles. The zero-order valence-corrected chi connectivity index (χ0v) is 10.6. The summed E-state index contributed by atoms with van der Waals surface area (Å²) >= 11 is 0. The Morgan fingerprint density at radius 1 is 1.41 bits per heavy atom. The van der Waals surface area contributed by atoms with Gasteiger partial charge in [-0.05, 0) is 37.8 Å². The molecule has 0 amide bonds. The Balaban J connectivity index is 1.98. The van der Waals surface area contributed by atoms with Crippen molar-refractivity contribution in [2.45, 2.75) is 32.6 Å². The molecule has 1 aromatic heterocycles. The van der Waals surface area contributed by atoms with E-state index in [0.717, 1.165) is 18.3 Å². The van der Waals surface area contributed by atoms with Gasteiger partial charge in [-0.3, -0.25) is 4.79 Å². The Labute approximate surface area is 103 Å². The number of carbonyl (C=O) groups is 1.